The molecule has 0 aliphatic heterocycles. The van der Waals surface area contributed by atoms with Gasteiger partial charge in [0.2, 0.25) is 0 Å². The first-order chi connectivity index (χ1) is 18.4. The van der Waals surface area contributed by atoms with Gasteiger partial charge in [0.25, 0.3) is 5.91 Å². The van der Waals surface area contributed by atoms with Crippen molar-refractivity contribution in [2.45, 2.75) is 4.90 Å². The van der Waals surface area contributed by atoms with E-state index in [1.54, 1.807) is 40.6 Å². The van der Waals surface area contributed by atoms with Gasteiger partial charge in [0, 0.05) is 12.4 Å². The molecule has 0 aliphatic carbocycles. The number of aromatic nitrogens is 4. The summed E-state index contributed by atoms with van der Waals surface area (Å²) in [6, 6.07) is 18.6. The zero-order chi connectivity index (χ0) is 26.7. The summed E-state index contributed by atoms with van der Waals surface area (Å²) in [6.07, 6.45) is 5.81. The number of sulfone groups is 1. The summed E-state index contributed by atoms with van der Waals surface area (Å²) < 4.78 is 34.0. The molecule has 0 atom stereocenters. The topological polar surface area (TPSA) is 140 Å². The van der Waals surface area contributed by atoms with Crippen molar-refractivity contribution in [2.24, 2.45) is 0 Å². The zero-order valence-electron chi connectivity index (χ0n) is 20.5. The van der Waals surface area contributed by atoms with Crippen LogP contribution in [0.2, 0.25) is 0 Å². The molecule has 0 spiro atoms. The largest absolute Gasteiger partial charge is 0.497 e. The fraction of sp³-hybridized carbons (Fsp3) is 0.0769. The van der Waals surface area contributed by atoms with E-state index in [2.05, 4.69) is 15.1 Å². The van der Waals surface area contributed by atoms with Crippen LogP contribution in [-0.4, -0.2) is 52.3 Å². The van der Waals surface area contributed by atoms with Gasteiger partial charge in [-0.1, -0.05) is 18.2 Å². The van der Waals surface area contributed by atoms with Crippen molar-refractivity contribution >= 4 is 50.6 Å². The molecular weight excluding hydrogens is 544 g/mol. The molecule has 11 nitrogen and oxygen atoms in total. The molecule has 0 fully saturated rings. The predicted molar refractivity (Wildman–Crippen MR) is 147 cm³/mol. The average molecular weight is 567 g/mol. The van der Waals surface area contributed by atoms with E-state index >= 15 is 0 Å². The summed E-state index contributed by atoms with van der Waals surface area (Å²) in [4.78, 5) is 22.8. The molecule has 2 N–H and O–H groups in total. The number of fused-ring (bicyclic) bond motifs is 1. The Bertz CT molecular complexity index is 1700. The standard InChI is InChI=1S/C26H22N6O5S.ClH/c1-37-20-9-11-21(12-10-20)38(35,36)17-31(19-8-5-13-27-14-19)24-22-16-29-32(18-6-3-2-4-7-18)25(22)28-15-23(24)26(33)30-34;/h2-16,34H,17H2,1H3,(H,30,33);1H. The van der Waals surface area contributed by atoms with Crippen molar-refractivity contribution in [1.82, 2.24) is 25.2 Å². The SMILES string of the molecule is COc1ccc(S(=O)(=O)CN(c2cccnc2)c2c(C(=O)NO)cnc3c2cnn3-c2ccccc2)cc1.Cl. The molecule has 1 amide bonds. The molecule has 0 bridgehead atoms. The Morgan fingerprint density at radius 2 is 1.77 bits per heavy atom. The Morgan fingerprint density at radius 3 is 2.41 bits per heavy atom. The minimum Gasteiger partial charge on any atom is -0.497 e. The number of hydroxylamine groups is 1. The number of amides is 1. The lowest BCUT2D eigenvalue weighted by Crippen LogP contribution is -2.29. The quantitative estimate of drug-likeness (QED) is 0.211. The van der Waals surface area contributed by atoms with E-state index in [1.807, 2.05) is 30.3 Å². The van der Waals surface area contributed by atoms with Crippen molar-refractivity contribution in [2.75, 3.05) is 17.9 Å². The monoisotopic (exact) mass is 566 g/mol. The summed E-state index contributed by atoms with van der Waals surface area (Å²) in [5.74, 6) is -0.899. The van der Waals surface area contributed by atoms with Gasteiger partial charge in [-0.15, -0.1) is 12.4 Å². The van der Waals surface area contributed by atoms with E-state index in [0.717, 1.165) is 5.69 Å². The maximum Gasteiger partial charge on any atom is 0.278 e. The van der Waals surface area contributed by atoms with Crippen molar-refractivity contribution in [1.29, 1.82) is 0 Å². The Balaban J connectivity index is 0.00000353. The Hall–Kier alpha value is -4.52. The van der Waals surface area contributed by atoms with Crippen LogP contribution >= 0.6 is 12.4 Å². The van der Waals surface area contributed by atoms with Crippen LogP contribution in [-0.2, 0) is 9.84 Å². The van der Waals surface area contributed by atoms with Gasteiger partial charge in [-0.2, -0.15) is 5.10 Å². The molecule has 0 aliphatic rings. The molecule has 3 heterocycles. The molecule has 5 aromatic rings. The highest BCUT2D eigenvalue weighted by molar-refractivity contribution is 7.91. The number of rotatable bonds is 8. The number of carbonyl (C=O) groups excluding carboxylic acids is 1. The van der Waals surface area contributed by atoms with E-state index in [0.29, 0.717) is 22.5 Å². The third kappa shape index (κ3) is 5.39. The molecule has 0 radical (unpaired) electrons. The van der Waals surface area contributed by atoms with Crippen molar-refractivity contribution in [3.63, 3.8) is 0 Å². The first kappa shape index (κ1) is 27.5. The third-order valence-corrected chi connectivity index (χ3v) is 7.45. The van der Waals surface area contributed by atoms with Crippen LogP contribution in [0.3, 0.4) is 0 Å². The van der Waals surface area contributed by atoms with E-state index < -0.39 is 21.6 Å². The first-order valence-electron chi connectivity index (χ1n) is 11.3. The lowest BCUT2D eigenvalue weighted by molar-refractivity contribution is 0.0707. The van der Waals surface area contributed by atoms with Crippen LogP contribution in [0, 0.1) is 0 Å². The summed E-state index contributed by atoms with van der Waals surface area (Å²) in [5.41, 5.74) is 3.27. The smallest absolute Gasteiger partial charge is 0.278 e. The Morgan fingerprint density at radius 1 is 1.03 bits per heavy atom. The van der Waals surface area contributed by atoms with Gasteiger partial charge >= 0.3 is 0 Å². The number of methoxy groups -OCH3 is 1. The van der Waals surface area contributed by atoms with Gasteiger partial charge in [0.15, 0.2) is 15.5 Å². The molecule has 0 unspecified atom stereocenters. The van der Waals surface area contributed by atoms with Crippen molar-refractivity contribution in [3.8, 4) is 11.4 Å². The van der Waals surface area contributed by atoms with Gasteiger partial charge in [-0.25, -0.2) is 23.6 Å². The minimum absolute atomic E-state index is 0. The number of benzene rings is 2. The van der Waals surface area contributed by atoms with Crippen LogP contribution in [0.15, 0.2) is 96.4 Å². The summed E-state index contributed by atoms with van der Waals surface area (Å²) in [5, 5.41) is 14.3. The number of pyridine rings is 2. The minimum atomic E-state index is -3.94. The zero-order valence-corrected chi connectivity index (χ0v) is 22.1. The van der Waals surface area contributed by atoms with Crippen molar-refractivity contribution < 1.29 is 23.2 Å². The highest BCUT2D eigenvalue weighted by Crippen LogP contribution is 2.36. The highest BCUT2D eigenvalue weighted by Gasteiger charge is 2.28. The van der Waals surface area contributed by atoms with Gasteiger partial charge in [-0.05, 0) is 48.5 Å². The average Bonchev–Trinajstić information content (AvgIpc) is 3.40. The van der Waals surface area contributed by atoms with Crippen LogP contribution in [0.4, 0.5) is 11.4 Å². The third-order valence-electron chi connectivity index (χ3n) is 5.86. The molecule has 5 rings (SSSR count). The number of anilines is 2. The Kier molecular flexibility index (Phi) is 8.10. The van der Waals surface area contributed by atoms with Crippen molar-refractivity contribution in [3.05, 3.63) is 97.1 Å². The first-order valence-corrected chi connectivity index (χ1v) is 13.0. The summed E-state index contributed by atoms with van der Waals surface area (Å²) >= 11 is 0. The molecule has 13 heteroatoms. The molecule has 0 saturated carbocycles. The fourth-order valence-corrected chi connectivity index (χ4v) is 5.37. The maximum absolute atomic E-state index is 13.6. The second-order valence-electron chi connectivity index (χ2n) is 8.15. The number of hydrogen-bond acceptors (Lipinski definition) is 9. The van der Waals surface area contributed by atoms with Gasteiger partial charge < -0.3 is 9.64 Å². The molecule has 39 heavy (non-hydrogen) atoms. The molecule has 3 aromatic heterocycles. The van der Waals surface area contributed by atoms with Gasteiger partial charge in [0.1, 0.15) is 11.6 Å². The number of nitrogens with one attached hydrogen (secondary N) is 1. The lowest BCUT2D eigenvalue weighted by Gasteiger charge is -2.27. The second-order valence-corrected chi connectivity index (χ2v) is 10.1. The molecular formula is C26H23ClN6O5S. The van der Waals surface area contributed by atoms with E-state index in [-0.39, 0.29) is 28.6 Å². The number of para-hydroxylation sites is 1. The Labute approximate surface area is 230 Å². The highest BCUT2D eigenvalue weighted by atomic mass is 35.5. The number of halogens is 1. The number of carbonyl (C=O) groups is 1. The summed E-state index contributed by atoms with van der Waals surface area (Å²) in [7, 11) is -2.45. The van der Waals surface area contributed by atoms with Crippen LogP contribution in [0.25, 0.3) is 16.7 Å². The molecule has 0 saturated heterocycles. The number of nitrogens with zero attached hydrogens (tertiary/aromatic N) is 5. The lowest BCUT2D eigenvalue weighted by atomic mass is 10.1. The molecule has 200 valence electrons. The number of ether oxygens (including phenoxy) is 1. The van der Waals surface area contributed by atoms with E-state index in [1.165, 1.54) is 42.7 Å². The van der Waals surface area contributed by atoms with Crippen LogP contribution in [0.5, 0.6) is 5.75 Å². The second kappa shape index (κ2) is 11.5. The van der Waals surface area contributed by atoms with Crippen LogP contribution < -0.4 is 15.1 Å². The number of hydrogen-bond donors (Lipinski definition) is 2. The van der Waals surface area contributed by atoms with Gasteiger partial charge in [0.05, 0.1) is 52.4 Å². The maximum atomic E-state index is 13.6. The van der Waals surface area contributed by atoms with Crippen LogP contribution in [0.1, 0.15) is 10.4 Å². The normalized spacial score (nSPS) is 11.0. The van der Waals surface area contributed by atoms with E-state index in [4.69, 9.17) is 4.74 Å². The van der Waals surface area contributed by atoms with E-state index in [9.17, 15) is 18.4 Å². The fourth-order valence-electron chi connectivity index (χ4n) is 4.05. The molecule has 2 aromatic carbocycles. The summed E-state index contributed by atoms with van der Waals surface area (Å²) in [6.45, 7) is 0. The van der Waals surface area contributed by atoms with Gasteiger partial charge in [-0.3, -0.25) is 15.0 Å². The predicted octanol–water partition coefficient (Wildman–Crippen LogP) is 3.93.